The van der Waals surface area contributed by atoms with Gasteiger partial charge in [0.05, 0.1) is 30.3 Å². The van der Waals surface area contributed by atoms with Crippen LogP contribution in [0.1, 0.15) is 47.0 Å². The number of nitrogens with two attached hydrogens (primary N) is 1. The van der Waals surface area contributed by atoms with E-state index in [0.29, 0.717) is 23.5 Å². The second kappa shape index (κ2) is 6.92. The molecule has 156 valence electrons. The van der Waals surface area contributed by atoms with Crippen LogP contribution in [0.15, 0.2) is 53.9 Å². The molecule has 0 radical (unpaired) electrons. The number of aliphatic imine (C=N–C) groups is 1. The van der Waals surface area contributed by atoms with Gasteiger partial charge in [0.2, 0.25) is 0 Å². The smallest absolute Gasteiger partial charge is 0.150 e. The zero-order chi connectivity index (χ0) is 21.0. The Balaban J connectivity index is 1.21. The van der Waals surface area contributed by atoms with Crippen molar-refractivity contribution < 1.29 is 4.39 Å². The summed E-state index contributed by atoms with van der Waals surface area (Å²) < 4.78 is 14.2. The highest BCUT2D eigenvalue weighted by Crippen LogP contribution is 2.50. The van der Waals surface area contributed by atoms with E-state index in [4.69, 9.17) is 10.7 Å². The van der Waals surface area contributed by atoms with Crippen LogP contribution in [0.5, 0.6) is 0 Å². The molecule has 1 atom stereocenters. The number of fused-ring (bicyclic) bond motifs is 2. The minimum absolute atomic E-state index is 0.100. The Morgan fingerprint density at radius 2 is 1.94 bits per heavy atom. The second-order valence-electron chi connectivity index (χ2n) is 8.75. The molecule has 7 heteroatoms. The lowest BCUT2D eigenvalue weighted by Crippen LogP contribution is -2.44. The Kier molecular flexibility index (Phi) is 4.14. The highest BCUT2D eigenvalue weighted by atomic mass is 19.1. The van der Waals surface area contributed by atoms with Gasteiger partial charge < -0.3 is 10.6 Å². The quantitative estimate of drug-likeness (QED) is 0.697. The van der Waals surface area contributed by atoms with Crippen molar-refractivity contribution in [2.45, 2.75) is 31.8 Å². The highest BCUT2D eigenvalue weighted by molar-refractivity contribution is 6.13. The fourth-order valence-corrected chi connectivity index (χ4v) is 5.37. The number of anilines is 1. The number of aromatic nitrogens is 3. The SMILES string of the molecule is N[C@H]1c2ccccc2CC12CCN(c1cnc3c(n1)CN=C3c1ccncc1F)CC2. The lowest BCUT2D eigenvalue weighted by atomic mass is 9.73. The van der Waals surface area contributed by atoms with E-state index in [1.54, 1.807) is 18.5 Å². The van der Waals surface area contributed by atoms with Gasteiger partial charge in [0.1, 0.15) is 11.5 Å². The first-order valence-electron chi connectivity index (χ1n) is 10.7. The summed E-state index contributed by atoms with van der Waals surface area (Å²) in [5.74, 6) is 0.472. The van der Waals surface area contributed by atoms with Crippen LogP contribution in [0.25, 0.3) is 0 Å². The van der Waals surface area contributed by atoms with E-state index >= 15 is 0 Å². The predicted molar refractivity (Wildman–Crippen MR) is 117 cm³/mol. The molecular weight excluding hydrogens is 391 g/mol. The standard InChI is InChI=1S/C24H23FN6/c25-18-12-27-8-5-17(18)21-22-19(13-28-21)30-20(14-29-22)31-9-6-24(7-10-31)11-15-3-1-2-4-16(15)23(24)26/h1-5,8,12,14,23H,6-7,9-11,13,26H2/t23-/m0/s1. The fourth-order valence-electron chi connectivity index (χ4n) is 5.37. The first-order valence-corrected chi connectivity index (χ1v) is 10.7. The lowest BCUT2D eigenvalue weighted by Gasteiger charge is -2.42. The van der Waals surface area contributed by atoms with Crippen LogP contribution >= 0.6 is 0 Å². The summed E-state index contributed by atoms with van der Waals surface area (Å²) in [6.45, 7) is 2.23. The van der Waals surface area contributed by atoms with Crippen molar-refractivity contribution in [3.8, 4) is 0 Å². The fraction of sp³-hybridized carbons (Fsp3) is 0.333. The second-order valence-corrected chi connectivity index (χ2v) is 8.75. The zero-order valence-corrected chi connectivity index (χ0v) is 17.1. The minimum atomic E-state index is -0.393. The number of benzene rings is 1. The first-order chi connectivity index (χ1) is 15.1. The van der Waals surface area contributed by atoms with E-state index in [-0.39, 0.29) is 11.5 Å². The van der Waals surface area contributed by atoms with E-state index < -0.39 is 5.82 Å². The normalized spacial score (nSPS) is 21.2. The van der Waals surface area contributed by atoms with Gasteiger partial charge >= 0.3 is 0 Å². The highest BCUT2D eigenvalue weighted by Gasteiger charge is 2.46. The largest absolute Gasteiger partial charge is 0.355 e. The molecule has 1 fully saturated rings. The molecule has 0 amide bonds. The summed E-state index contributed by atoms with van der Waals surface area (Å²) in [6.07, 6.45) is 7.68. The van der Waals surface area contributed by atoms with Gasteiger partial charge in [0.25, 0.3) is 0 Å². The zero-order valence-electron chi connectivity index (χ0n) is 17.1. The van der Waals surface area contributed by atoms with Gasteiger partial charge in [-0.3, -0.25) is 9.98 Å². The summed E-state index contributed by atoms with van der Waals surface area (Å²) in [5.41, 5.74) is 12.0. The molecule has 2 aliphatic heterocycles. The molecule has 3 aliphatic rings. The van der Waals surface area contributed by atoms with Crippen LogP contribution in [0.4, 0.5) is 10.2 Å². The average molecular weight is 414 g/mol. The molecule has 3 aromatic rings. The number of hydrogen-bond acceptors (Lipinski definition) is 6. The van der Waals surface area contributed by atoms with E-state index in [9.17, 15) is 4.39 Å². The molecule has 1 aromatic carbocycles. The third kappa shape index (κ3) is 2.87. The van der Waals surface area contributed by atoms with Crippen LogP contribution in [0, 0.1) is 11.2 Å². The molecule has 4 heterocycles. The van der Waals surface area contributed by atoms with Crippen molar-refractivity contribution in [1.82, 2.24) is 15.0 Å². The van der Waals surface area contributed by atoms with Gasteiger partial charge in [0.15, 0.2) is 5.82 Å². The Morgan fingerprint density at radius 3 is 2.74 bits per heavy atom. The van der Waals surface area contributed by atoms with Crippen LogP contribution < -0.4 is 10.6 Å². The third-order valence-electron chi connectivity index (χ3n) is 7.15. The molecule has 1 spiro atoms. The summed E-state index contributed by atoms with van der Waals surface area (Å²) in [6, 6.07) is 10.3. The van der Waals surface area contributed by atoms with Crippen LogP contribution in [0.3, 0.4) is 0 Å². The number of rotatable bonds is 2. The molecule has 0 unspecified atom stereocenters. The van der Waals surface area contributed by atoms with Gasteiger partial charge in [-0.05, 0) is 41.9 Å². The Labute approximate surface area is 180 Å². The van der Waals surface area contributed by atoms with Crippen molar-refractivity contribution >= 4 is 11.5 Å². The van der Waals surface area contributed by atoms with Crippen molar-refractivity contribution in [2.75, 3.05) is 18.0 Å². The van der Waals surface area contributed by atoms with Gasteiger partial charge in [-0.15, -0.1) is 0 Å². The third-order valence-corrected chi connectivity index (χ3v) is 7.15. The molecule has 0 saturated carbocycles. The molecule has 2 aromatic heterocycles. The van der Waals surface area contributed by atoms with Gasteiger partial charge in [0, 0.05) is 30.9 Å². The van der Waals surface area contributed by atoms with Crippen molar-refractivity contribution in [3.05, 3.63) is 82.8 Å². The lowest BCUT2D eigenvalue weighted by molar-refractivity contribution is 0.187. The number of hydrogen-bond donors (Lipinski definition) is 1. The number of halogens is 1. The Hall–Kier alpha value is -3.19. The number of nitrogens with zero attached hydrogens (tertiary/aromatic N) is 5. The molecule has 6 rings (SSSR count). The van der Waals surface area contributed by atoms with Gasteiger partial charge in [-0.2, -0.15) is 0 Å². The van der Waals surface area contributed by atoms with Crippen molar-refractivity contribution in [2.24, 2.45) is 16.1 Å². The van der Waals surface area contributed by atoms with E-state index in [0.717, 1.165) is 43.9 Å². The van der Waals surface area contributed by atoms with Crippen LogP contribution in [-0.4, -0.2) is 33.8 Å². The molecule has 2 N–H and O–H groups in total. The van der Waals surface area contributed by atoms with E-state index in [1.807, 2.05) is 0 Å². The topological polar surface area (TPSA) is 80.3 Å². The summed E-state index contributed by atoms with van der Waals surface area (Å²) in [7, 11) is 0. The Morgan fingerprint density at radius 1 is 1.10 bits per heavy atom. The van der Waals surface area contributed by atoms with Crippen molar-refractivity contribution in [1.29, 1.82) is 0 Å². The first kappa shape index (κ1) is 18.6. The van der Waals surface area contributed by atoms with E-state index in [2.05, 4.69) is 44.1 Å². The van der Waals surface area contributed by atoms with Gasteiger partial charge in [-0.25, -0.2) is 14.4 Å². The van der Waals surface area contributed by atoms with E-state index in [1.165, 1.54) is 17.3 Å². The molecule has 1 saturated heterocycles. The van der Waals surface area contributed by atoms with Gasteiger partial charge in [-0.1, -0.05) is 24.3 Å². The summed E-state index contributed by atoms with van der Waals surface area (Å²) in [4.78, 5) is 20.1. The maximum atomic E-state index is 14.2. The maximum absolute atomic E-state index is 14.2. The minimum Gasteiger partial charge on any atom is -0.355 e. The summed E-state index contributed by atoms with van der Waals surface area (Å²) >= 11 is 0. The molecule has 0 bridgehead atoms. The molecule has 1 aliphatic carbocycles. The molecule has 6 nitrogen and oxygen atoms in total. The summed E-state index contributed by atoms with van der Waals surface area (Å²) in [5, 5.41) is 0. The van der Waals surface area contributed by atoms with Crippen LogP contribution in [-0.2, 0) is 13.0 Å². The van der Waals surface area contributed by atoms with Crippen LogP contribution in [0.2, 0.25) is 0 Å². The Bertz CT molecular complexity index is 1200. The molecular formula is C24H23FN6. The monoisotopic (exact) mass is 414 g/mol. The maximum Gasteiger partial charge on any atom is 0.150 e. The van der Waals surface area contributed by atoms with Crippen molar-refractivity contribution in [3.63, 3.8) is 0 Å². The number of piperidine rings is 1. The number of pyridine rings is 1. The predicted octanol–water partition coefficient (Wildman–Crippen LogP) is 3.20. The average Bonchev–Trinajstić information content (AvgIpc) is 3.34. The molecule has 31 heavy (non-hydrogen) atoms.